The first kappa shape index (κ1) is 12.0. The molecule has 1 aromatic heterocycles. The van der Waals surface area contributed by atoms with E-state index in [1.54, 1.807) is 11.3 Å². The third-order valence-electron chi connectivity index (χ3n) is 2.37. The summed E-state index contributed by atoms with van der Waals surface area (Å²) in [7, 11) is 0. The van der Waals surface area contributed by atoms with Gasteiger partial charge in [0.05, 0.1) is 21.8 Å². The Morgan fingerprint density at radius 1 is 1.53 bits per heavy atom. The molecule has 0 radical (unpaired) electrons. The van der Waals surface area contributed by atoms with Gasteiger partial charge in [0.1, 0.15) is 0 Å². The molecule has 0 spiro atoms. The van der Waals surface area contributed by atoms with Crippen molar-refractivity contribution < 1.29 is 4.79 Å². The highest BCUT2D eigenvalue weighted by Crippen LogP contribution is 2.29. The molecule has 0 aliphatic rings. The third-order valence-corrected chi connectivity index (χ3v) is 3.69. The molecule has 1 heterocycles. The van der Waals surface area contributed by atoms with E-state index in [4.69, 9.17) is 5.73 Å². The fraction of sp³-hybridized carbons (Fsp3) is 0.333. The highest BCUT2D eigenvalue weighted by molar-refractivity contribution is 7.18. The van der Waals surface area contributed by atoms with E-state index < -0.39 is 0 Å². The van der Waals surface area contributed by atoms with Crippen LogP contribution in [0.5, 0.6) is 0 Å². The third kappa shape index (κ3) is 2.62. The Hall–Kier alpha value is -1.46. The molecule has 1 amide bonds. The fourth-order valence-electron chi connectivity index (χ4n) is 1.48. The fourth-order valence-corrected chi connectivity index (χ4v) is 2.49. The number of amides is 1. The summed E-state index contributed by atoms with van der Waals surface area (Å²) in [6.07, 6.45) is 0. The molecule has 3 N–H and O–H groups in total. The number of carbonyl (C=O) groups is 1. The Balaban J connectivity index is 2.33. The molecule has 0 atom stereocenters. The van der Waals surface area contributed by atoms with Crippen molar-refractivity contribution >= 4 is 33.1 Å². The van der Waals surface area contributed by atoms with Gasteiger partial charge in [0.25, 0.3) is 0 Å². The first-order valence-electron chi connectivity index (χ1n) is 5.50. The van der Waals surface area contributed by atoms with E-state index in [1.807, 2.05) is 18.2 Å². The van der Waals surface area contributed by atoms with Gasteiger partial charge in [0.2, 0.25) is 5.91 Å². The van der Waals surface area contributed by atoms with Crippen molar-refractivity contribution in [1.29, 1.82) is 0 Å². The van der Waals surface area contributed by atoms with E-state index in [0.717, 1.165) is 20.9 Å². The number of anilines is 1. The van der Waals surface area contributed by atoms with Crippen molar-refractivity contribution in [3.05, 3.63) is 23.2 Å². The SMILES string of the molecule is CC(C)c1nc2ccc(NC(=O)CN)cc2s1. The van der Waals surface area contributed by atoms with Crippen LogP contribution in [0.15, 0.2) is 18.2 Å². The molecule has 0 aliphatic heterocycles. The largest absolute Gasteiger partial charge is 0.325 e. The molecular formula is C12H15N3OS. The summed E-state index contributed by atoms with van der Waals surface area (Å²) >= 11 is 1.66. The van der Waals surface area contributed by atoms with E-state index in [9.17, 15) is 4.79 Å². The van der Waals surface area contributed by atoms with Crippen LogP contribution in [0.25, 0.3) is 10.2 Å². The number of hydrogen-bond donors (Lipinski definition) is 2. The van der Waals surface area contributed by atoms with Crippen molar-refractivity contribution in [2.45, 2.75) is 19.8 Å². The highest BCUT2D eigenvalue weighted by Gasteiger charge is 2.08. The number of nitrogens with one attached hydrogen (secondary N) is 1. The molecule has 0 fully saturated rings. The Labute approximate surface area is 104 Å². The Kier molecular flexibility index (Phi) is 3.40. The average Bonchev–Trinajstić information content (AvgIpc) is 2.72. The first-order valence-corrected chi connectivity index (χ1v) is 6.32. The summed E-state index contributed by atoms with van der Waals surface area (Å²) < 4.78 is 1.09. The maximum absolute atomic E-state index is 11.2. The van der Waals surface area contributed by atoms with Crippen LogP contribution in [0.2, 0.25) is 0 Å². The lowest BCUT2D eigenvalue weighted by atomic mass is 10.2. The van der Waals surface area contributed by atoms with E-state index >= 15 is 0 Å². The van der Waals surface area contributed by atoms with Gasteiger partial charge < -0.3 is 11.1 Å². The van der Waals surface area contributed by atoms with Crippen LogP contribution >= 0.6 is 11.3 Å². The minimum Gasteiger partial charge on any atom is -0.325 e. The van der Waals surface area contributed by atoms with Crippen molar-refractivity contribution in [2.24, 2.45) is 5.73 Å². The molecule has 4 nitrogen and oxygen atoms in total. The van der Waals surface area contributed by atoms with E-state index in [1.165, 1.54) is 0 Å². The normalized spacial score (nSPS) is 11.1. The van der Waals surface area contributed by atoms with Gasteiger partial charge >= 0.3 is 0 Å². The van der Waals surface area contributed by atoms with Gasteiger partial charge in [-0.3, -0.25) is 4.79 Å². The zero-order chi connectivity index (χ0) is 12.4. The van der Waals surface area contributed by atoms with Gasteiger partial charge in [-0.2, -0.15) is 0 Å². The van der Waals surface area contributed by atoms with Crippen LogP contribution in [0, 0.1) is 0 Å². The van der Waals surface area contributed by atoms with Crippen molar-refractivity contribution in [2.75, 3.05) is 11.9 Å². The maximum atomic E-state index is 11.2. The number of benzene rings is 1. The predicted molar refractivity (Wildman–Crippen MR) is 71.4 cm³/mol. The van der Waals surface area contributed by atoms with E-state index in [0.29, 0.717) is 5.92 Å². The van der Waals surface area contributed by atoms with Crippen LogP contribution in [0.1, 0.15) is 24.8 Å². The molecule has 0 unspecified atom stereocenters. The number of nitrogens with two attached hydrogens (primary N) is 1. The van der Waals surface area contributed by atoms with Crippen LogP contribution < -0.4 is 11.1 Å². The molecule has 0 aliphatic carbocycles. The molecule has 5 heteroatoms. The monoisotopic (exact) mass is 249 g/mol. The molecule has 90 valence electrons. The molecule has 17 heavy (non-hydrogen) atoms. The smallest absolute Gasteiger partial charge is 0.238 e. The van der Waals surface area contributed by atoms with Gasteiger partial charge in [-0.1, -0.05) is 13.8 Å². The summed E-state index contributed by atoms with van der Waals surface area (Å²) in [5.41, 5.74) is 7.00. The molecule has 0 bridgehead atoms. The standard InChI is InChI=1S/C12H15N3OS/c1-7(2)12-15-9-4-3-8(5-10(9)17-12)14-11(16)6-13/h3-5,7H,6,13H2,1-2H3,(H,14,16). The molecule has 2 rings (SSSR count). The van der Waals surface area contributed by atoms with Gasteiger partial charge in [-0.25, -0.2) is 4.98 Å². The lowest BCUT2D eigenvalue weighted by Gasteiger charge is -2.02. The van der Waals surface area contributed by atoms with E-state index in [-0.39, 0.29) is 12.5 Å². The number of carbonyl (C=O) groups excluding carboxylic acids is 1. The first-order chi connectivity index (χ1) is 8.10. The lowest BCUT2D eigenvalue weighted by molar-refractivity contribution is -0.114. The zero-order valence-electron chi connectivity index (χ0n) is 9.86. The van der Waals surface area contributed by atoms with E-state index in [2.05, 4.69) is 24.1 Å². The second-order valence-electron chi connectivity index (χ2n) is 4.14. The molecular weight excluding hydrogens is 234 g/mol. The van der Waals surface area contributed by atoms with Gasteiger partial charge in [0, 0.05) is 11.6 Å². The number of fused-ring (bicyclic) bond motifs is 1. The molecule has 2 aromatic rings. The minimum absolute atomic E-state index is 0.00201. The summed E-state index contributed by atoms with van der Waals surface area (Å²) in [6, 6.07) is 5.70. The maximum Gasteiger partial charge on any atom is 0.238 e. The highest BCUT2D eigenvalue weighted by atomic mass is 32.1. The summed E-state index contributed by atoms with van der Waals surface area (Å²) in [4.78, 5) is 15.7. The molecule has 0 saturated heterocycles. The number of thiazole rings is 1. The summed E-state index contributed by atoms with van der Waals surface area (Å²) in [5.74, 6) is 0.243. The van der Waals surface area contributed by atoms with Gasteiger partial charge in [0.15, 0.2) is 0 Å². The molecule has 0 saturated carbocycles. The minimum atomic E-state index is -0.182. The van der Waals surface area contributed by atoms with Gasteiger partial charge in [-0.05, 0) is 18.2 Å². The number of aromatic nitrogens is 1. The predicted octanol–water partition coefficient (Wildman–Crippen LogP) is 2.32. The Bertz CT molecular complexity index is 548. The number of hydrogen-bond acceptors (Lipinski definition) is 4. The van der Waals surface area contributed by atoms with Crippen LogP contribution in [-0.4, -0.2) is 17.4 Å². The summed E-state index contributed by atoms with van der Waals surface area (Å²) in [5, 5.41) is 3.85. The van der Waals surface area contributed by atoms with Gasteiger partial charge in [-0.15, -0.1) is 11.3 Å². The number of rotatable bonds is 3. The average molecular weight is 249 g/mol. The summed E-state index contributed by atoms with van der Waals surface area (Å²) in [6.45, 7) is 4.24. The number of nitrogens with zero attached hydrogens (tertiary/aromatic N) is 1. The van der Waals surface area contributed by atoms with Crippen molar-refractivity contribution in [3.63, 3.8) is 0 Å². The second kappa shape index (κ2) is 4.81. The second-order valence-corrected chi connectivity index (χ2v) is 5.20. The topological polar surface area (TPSA) is 68.0 Å². The molecule has 1 aromatic carbocycles. The Morgan fingerprint density at radius 2 is 2.29 bits per heavy atom. The quantitative estimate of drug-likeness (QED) is 0.877. The lowest BCUT2D eigenvalue weighted by Crippen LogP contribution is -2.21. The van der Waals surface area contributed by atoms with Crippen LogP contribution in [-0.2, 0) is 4.79 Å². The van der Waals surface area contributed by atoms with Crippen LogP contribution in [0.4, 0.5) is 5.69 Å². The van der Waals surface area contributed by atoms with Crippen molar-refractivity contribution in [3.8, 4) is 0 Å². The van der Waals surface area contributed by atoms with Crippen LogP contribution in [0.3, 0.4) is 0 Å². The Morgan fingerprint density at radius 3 is 2.94 bits per heavy atom. The zero-order valence-corrected chi connectivity index (χ0v) is 10.7. The van der Waals surface area contributed by atoms with Crippen molar-refractivity contribution in [1.82, 2.24) is 4.98 Å².